The molecule has 1 aromatic rings. The molecule has 0 radical (unpaired) electrons. The average molecular weight is 270 g/mol. The van der Waals surface area contributed by atoms with Crippen LogP contribution in [0.5, 0.6) is 0 Å². The molecule has 2 N–H and O–H groups in total. The number of hydrogen-bond acceptors (Lipinski definition) is 2. The first-order valence-corrected chi connectivity index (χ1v) is 8.40. The maximum Gasteiger partial charge on any atom is 0.0351 e. The molecule has 20 heavy (non-hydrogen) atoms. The Hall–Kier alpha value is -0.860. The largest absolute Gasteiger partial charge is 0.327 e. The van der Waals surface area contributed by atoms with Crippen molar-refractivity contribution in [1.29, 1.82) is 0 Å². The standard InChI is InChI=1S/C18H26N2/c19-17-9-3-7-14-11-20(12-16(14)17)18-10-4-6-13-5-1-2-8-15(13)18/h1-2,5,8,14,16-18H,3-4,6-7,9-12,19H2. The van der Waals surface area contributed by atoms with Crippen molar-refractivity contribution in [2.75, 3.05) is 13.1 Å². The lowest BCUT2D eigenvalue weighted by molar-refractivity contribution is 0.209. The van der Waals surface area contributed by atoms with Crippen LogP contribution in [-0.2, 0) is 6.42 Å². The zero-order valence-electron chi connectivity index (χ0n) is 12.3. The van der Waals surface area contributed by atoms with Crippen LogP contribution in [-0.4, -0.2) is 24.0 Å². The van der Waals surface area contributed by atoms with Gasteiger partial charge in [-0.15, -0.1) is 0 Å². The molecule has 1 aromatic carbocycles. The lowest BCUT2D eigenvalue weighted by Crippen LogP contribution is -2.38. The molecule has 1 saturated heterocycles. The van der Waals surface area contributed by atoms with Gasteiger partial charge in [-0.3, -0.25) is 4.90 Å². The minimum absolute atomic E-state index is 0.456. The Balaban J connectivity index is 1.58. The van der Waals surface area contributed by atoms with Crippen molar-refractivity contribution in [3.8, 4) is 0 Å². The predicted molar refractivity (Wildman–Crippen MR) is 82.5 cm³/mol. The fourth-order valence-corrected chi connectivity index (χ4v) is 4.91. The van der Waals surface area contributed by atoms with Crippen LogP contribution in [0.1, 0.15) is 49.3 Å². The zero-order chi connectivity index (χ0) is 13.5. The molecule has 2 heteroatoms. The highest BCUT2D eigenvalue weighted by molar-refractivity contribution is 5.32. The van der Waals surface area contributed by atoms with Crippen LogP contribution < -0.4 is 5.73 Å². The molecule has 0 spiro atoms. The van der Waals surface area contributed by atoms with Gasteiger partial charge >= 0.3 is 0 Å². The van der Waals surface area contributed by atoms with E-state index in [0.29, 0.717) is 12.1 Å². The van der Waals surface area contributed by atoms with Crippen LogP contribution in [0.15, 0.2) is 24.3 Å². The maximum atomic E-state index is 6.38. The minimum atomic E-state index is 0.456. The Labute approximate surface area is 122 Å². The molecular weight excluding hydrogens is 244 g/mol. The number of aryl methyl sites for hydroxylation is 1. The van der Waals surface area contributed by atoms with Gasteiger partial charge in [0.05, 0.1) is 0 Å². The summed E-state index contributed by atoms with van der Waals surface area (Å²) in [6.45, 7) is 2.53. The van der Waals surface area contributed by atoms with E-state index in [2.05, 4.69) is 29.2 Å². The first kappa shape index (κ1) is 12.8. The molecule has 1 heterocycles. The first-order valence-electron chi connectivity index (χ1n) is 8.40. The third-order valence-electron chi connectivity index (χ3n) is 5.96. The molecule has 0 amide bonds. The predicted octanol–water partition coefficient (Wildman–Crippen LogP) is 3.12. The number of nitrogens with two attached hydrogens (primary N) is 1. The maximum absolute atomic E-state index is 6.38. The van der Waals surface area contributed by atoms with E-state index < -0.39 is 0 Å². The number of nitrogens with zero attached hydrogens (tertiary/aromatic N) is 1. The number of fused-ring (bicyclic) bond motifs is 2. The first-order chi connectivity index (χ1) is 9.83. The second-order valence-corrected chi connectivity index (χ2v) is 7.08. The summed E-state index contributed by atoms with van der Waals surface area (Å²) in [4.78, 5) is 2.76. The van der Waals surface area contributed by atoms with E-state index in [1.165, 1.54) is 51.6 Å². The van der Waals surface area contributed by atoms with Crippen LogP contribution in [0, 0.1) is 11.8 Å². The monoisotopic (exact) mass is 270 g/mol. The van der Waals surface area contributed by atoms with Gasteiger partial charge in [-0.05, 0) is 55.1 Å². The smallest absolute Gasteiger partial charge is 0.0351 e. The van der Waals surface area contributed by atoms with E-state index in [-0.39, 0.29) is 0 Å². The highest BCUT2D eigenvalue weighted by Crippen LogP contribution is 2.42. The molecule has 1 saturated carbocycles. The van der Waals surface area contributed by atoms with Crippen LogP contribution in [0.2, 0.25) is 0 Å². The van der Waals surface area contributed by atoms with Crippen molar-refractivity contribution in [2.24, 2.45) is 17.6 Å². The average Bonchev–Trinajstić information content (AvgIpc) is 2.92. The van der Waals surface area contributed by atoms with Gasteiger partial charge in [0.15, 0.2) is 0 Å². The number of likely N-dealkylation sites (tertiary alicyclic amines) is 1. The van der Waals surface area contributed by atoms with Gasteiger partial charge in [0, 0.05) is 25.2 Å². The lowest BCUT2D eigenvalue weighted by atomic mass is 9.78. The molecular formula is C18H26N2. The molecule has 2 nitrogen and oxygen atoms in total. The SMILES string of the molecule is NC1CCCC2CN(C3CCCc4ccccc43)CC12. The topological polar surface area (TPSA) is 29.3 Å². The lowest BCUT2D eigenvalue weighted by Gasteiger charge is -2.33. The normalized spacial score (nSPS) is 37.5. The Bertz CT molecular complexity index is 484. The second kappa shape index (κ2) is 5.16. The zero-order valence-corrected chi connectivity index (χ0v) is 12.3. The Kier molecular flexibility index (Phi) is 3.31. The third-order valence-corrected chi connectivity index (χ3v) is 5.96. The molecule has 1 aliphatic heterocycles. The summed E-state index contributed by atoms with van der Waals surface area (Å²) >= 11 is 0. The molecule has 0 aromatic heterocycles. The van der Waals surface area contributed by atoms with Crippen LogP contribution >= 0.6 is 0 Å². The summed E-state index contributed by atoms with van der Waals surface area (Å²) in [6.07, 6.45) is 7.95. The van der Waals surface area contributed by atoms with Gasteiger partial charge in [0.1, 0.15) is 0 Å². The molecule has 0 bridgehead atoms. The summed E-state index contributed by atoms with van der Waals surface area (Å²) in [5.41, 5.74) is 9.57. The summed E-state index contributed by atoms with van der Waals surface area (Å²) in [6, 6.07) is 10.2. The van der Waals surface area contributed by atoms with Crippen molar-refractivity contribution < 1.29 is 0 Å². The van der Waals surface area contributed by atoms with Crippen molar-refractivity contribution in [3.63, 3.8) is 0 Å². The summed E-state index contributed by atoms with van der Waals surface area (Å²) < 4.78 is 0. The fourth-order valence-electron chi connectivity index (χ4n) is 4.91. The molecule has 2 fully saturated rings. The third kappa shape index (κ3) is 2.10. The molecule has 4 rings (SSSR count). The van der Waals surface area contributed by atoms with Gasteiger partial charge in [0.25, 0.3) is 0 Å². The van der Waals surface area contributed by atoms with Crippen LogP contribution in [0.25, 0.3) is 0 Å². The van der Waals surface area contributed by atoms with E-state index >= 15 is 0 Å². The van der Waals surface area contributed by atoms with Gasteiger partial charge in [-0.2, -0.15) is 0 Å². The second-order valence-electron chi connectivity index (χ2n) is 7.08. The Morgan fingerprint density at radius 3 is 2.80 bits per heavy atom. The van der Waals surface area contributed by atoms with Crippen molar-refractivity contribution in [2.45, 2.75) is 50.6 Å². The molecule has 4 unspecified atom stereocenters. The Morgan fingerprint density at radius 2 is 1.90 bits per heavy atom. The van der Waals surface area contributed by atoms with E-state index in [1.807, 2.05) is 0 Å². The van der Waals surface area contributed by atoms with Crippen LogP contribution in [0.4, 0.5) is 0 Å². The number of hydrogen-bond donors (Lipinski definition) is 1. The number of rotatable bonds is 1. The highest BCUT2D eigenvalue weighted by Gasteiger charge is 2.41. The fraction of sp³-hybridized carbons (Fsp3) is 0.667. The quantitative estimate of drug-likeness (QED) is 0.849. The van der Waals surface area contributed by atoms with Gasteiger partial charge in [-0.25, -0.2) is 0 Å². The summed E-state index contributed by atoms with van der Waals surface area (Å²) in [7, 11) is 0. The molecule has 108 valence electrons. The van der Waals surface area contributed by atoms with E-state index in [0.717, 1.165) is 11.8 Å². The summed E-state index contributed by atoms with van der Waals surface area (Å²) in [5.74, 6) is 1.63. The van der Waals surface area contributed by atoms with E-state index in [1.54, 1.807) is 11.1 Å². The minimum Gasteiger partial charge on any atom is -0.327 e. The Morgan fingerprint density at radius 1 is 1.00 bits per heavy atom. The molecule has 3 aliphatic rings. The highest BCUT2D eigenvalue weighted by atomic mass is 15.2. The van der Waals surface area contributed by atoms with Crippen LogP contribution in [0.3, 0.4) is 0 Å². The van der Waals surface area contributed by atoms with Gasteiger partial charge < -0.3 is 5.73 Å². The summed E-state index contributed by atoms with van der Waals surface area (Å²) in [5, 5.41) is 0. The van der Waals surface area contributed by atoms with E-state index in [4.69, 9.17) is 5.73 Å². The van der Waals surface area contributed by atoms with Crippen molar-refractivity contribution >= 4 is 0 Å². The van der Waals surface area contributed by atoms with Crippen molar-refractivity contribution in [3.05, 3.63) is 35.4 Å². The van der Waals surface area contributed by atoms with Gasteiger partial charge in [-0.1, -0.05) is 30.7 Å². The van der Waals surface area contributed by atoms with Crippen molar-refractivity contribution in [1.82, 2.24) is 4.90 Å². The number of benzene rings is 1. The van der Waals surface area contributed by atoms with Gasteiger partial charge in [0.2, 0.25) is 0 Å². The molecule has 4 atom stereocenters. The molecule has 2 aliphatic carbocycles. The van der Waals surface area contributed by atoms with E-state index in [9.17, 15) is 0 Å².